The van der Waals surface area contributed by atoms with E-state index in [0.29, 0.717) is 21.4 Å². The summed E-state index contributed by atoms with van der Waals surface area (Å²) in [4.78, 5) is 17.1. The molecule has 0 radical (unpaired) electrons. The molecule has 0 unspecified atom stereocenters. The first-order valence-corrected chi connectivity index (χ1v) is 8.50. The van der Waals surface area contributed by atoms with E-state index in [9.17, 15) is 4.79 Å². The number of nitrogens with zero attached hydrogens (tertiary/aromatic N) is 1. The summed E-state index contributed by atoms with van der Waals surface area (Å²) in [7, 11) is 0. The zero-order chi connectivity index (χ0) is 18.4. The van der Waals surface area contributed by atoms with Gasteiger partial charge in [-0.15, -0.1) is 0 Å². The average molecular weight is 385 g/mol. The number of carbonyl (C=O) groups excluding carboxylic acids is 1. The number of anilines is 1. The Morgan fingerprint density at radius 3 is 1.77 bits per heavy atom. The van der Waals surface area contributed by atoms with E-state index in [1.807, 2.05) is 18.2 Å². The Morgan fingerprint density at radius 1 is 0.769 bits per heavy atom. The molecule has 0 aliphatic heterocycles. The van der Waals surface area contributed by atoms with Crippen molar-refractivity contribution in [1.82, 2.24) is 0 Å². The first-order valence-electron chi connectivity index (χ1n) is 7.75. The number of para-hydroxylation sites is 1. The summed E-state index contributed by atoms with van der Waals surface area (Å²) in [5, 5.41) is 7.85. The highest BCUT2D eigenvalue weighted by Gasteiger charge is 2.10. The van der Waals surface area contributed by atoms with Crippen LogP contribution in [-0.2, 0) is 4.84 Å². The summed E-state index contributed by atoms with van der Waals surface area (Å²) in [6.45, 7) is 0. The van der Waals surface area contributed by atoms with Crippen LogP contribution < -0.4 is 5.32 Å². The molecule has 4 nitrogen and oxygen atoms in total. The van der Waals surface area contributed by atoms with Crippen LogP contribution in [0.5, 0.6) is 0 Å². The molecule has 1 N–H and O–H groups in total. The molecular weight excluding hydrogens is 371 g/mol. The van der Waals surface area contributed by atoms with Crippen molar-refractivity contribution in [2.24, 2.45) is 5.16 Å². The molecule has 0 aliphatic carbocycles. The van der Waals surface area contributed by atoms with Gasteiger partial charge in [0.15, 0.2) is 0 Å². The molecule has 1 amide bonds. The molecule has 3 aromatic carbocycles. The standard InChI is InChI=1S/C20H14Cl2N2O2/c21-16-10-6-14(7-11-16)19(15-8-12-17(22)13-9-15)24-26-20(25)23-18-4-2-1-3-5-18/h1-13H,(H,23,25). The lowest BCUT2D eigenvalue weighted by Gasteiger charge is -2.08. The molecule has 0 aliphatic rings. The van der Waals surface area contributed by atoms with Crippen LogP contribution in [0.1, 0.15) is 11.1 Å². The molecular formula is C20H14Cl2N2O2. The number of halogens is 2. The van der Waals surface area contributed by atoms with Crippen molar-refractivity contribution in [3.05, 3.63) is 100 Å². The zero-order valence-corrected chi connectivity index (χ0v) is 15.0. The Kier molecular flexibility index (Phi) is 5.89. The average Bonchev–Trinajstić information content (AvgIpc) is 2.65. The topological polar surface area (TPSA) is 50.7 Å². The van der Waals surface area contributed by atoms with E-state index in [4.69, 9.17) is 28.0 Å². The summed E-state index contributed by atoms with van der Waals surface area (Å²) in [5.41, 5.74) is 2.61. The van der Waals surface area contributed by atoms with Crippen molar-refractivity contribution in [2.45, 2.75) is 0 Å². The summed E-state index contributed by atoms with van der Waals surface area (Å²) in [6.07, 6.45) is -0.684. The van der Waals surface area contributed by atoms with E-state index in [1.165, 1.54) is 0 Å². The maximum atomic E-state index is 12.0. The van der Waals surface area contributed by atoms with Crippen molar-refractivity contribution >= 4 is 40.7 Å². The van der Waals surface area contributed by atoms with Gasteiger partial charge in [0.25, 0.3) is 0 Å². The third-order valence-electron chi connectivity index (χ3n) is 3.48. The Labute approximate surface area is 161 Å². The number of amides is 1. The van der Waals surface area contributed by atoms with Crippen LogP contribution in [0, 0.1) is 0 Å². The van der Waals surface area contributed by atoms with Gasteiger partial charge in [0, 0.05) is 26.9 Å². The van der Waals surface area contributed by atoms with Gasteiger partial charge in [-0.25, -0.2) is 4.79 Å². The minimum absolute atomic E-state index is 0.488. The van der Waals surface area contributed by atoms with Gasteiger partial charge in [-0.1, -0.05) is 70.8 Å². The van der Waals surface area contributed by atoms with Gasteiger partial charge in [0.1, 0.15) is 5.71 Å². The first-order chi connectivity index (χ1) is 12.6. The van der Waals surface area contributed by atoms with Crippen molar-refractivity contribution in [2.75, 3.05) is 5.32 Å². The van der Waals surface area contributed by atoms with E-state index in [1.54, 1.807) is 60.7 Å². The molecule has 0 bridgehead atoms. The molecule has 0 aromatic heterocycles. The number of rotatable bonds is 4. The van der Waals surface area contributed by atoms with Crippen LogP contribution in [0.15, 0.2) is 84.0 Å². The summed E-state index contributed by atoms with van der Waals surface area (Å²) < 4.78 is 0. The highest BCUT2D eigenvalue weighted by atomic mass is 35.5. The fraction of sp³-hybridized carbons (Fsp3) is 0. The molecule has 0 heterocycles. The second-order valence-electron chi connectivity index (χ2n) is 5.32. The maximum absolute atomic E-state index is 12.0. The summed E-state index contributed by atoms with van der Waals surface area (Å²) >= 11 is 11.9. The summed E-state index contributed by atoms with van der Waals surface area (Å²) in [6, 6.07) is 23.2. The van der Waals surface area contributed by atoms with Crippen LogP contribution in [-0.4, -0.2) is 11.8 Å². The van der Waals surface area contributed by atoms with Gasteiger partial charge >= 0.3 is 6.09 Å². The van der Waals surface area contributed by atoms with Crippen molar-refractivity contribution in [3.8, 4) is 0 Å². The fourth-order valence-electron chi connectivity index (χ4n) is 2.24. The van der Waals surface area contributed by atoms with Gasteiger partial charge in [-0.3, -0.25) is 10.2 Å². The van der Waals surface area contributed by atoms with Crippen LogP contribution in [0.25, 0.3) is 0 Å². The van der Waals surface area contributed by atoms with Gasteiger partial charge in [-0.2, -0.15) is 0 Å². The van der Waals surface area contributed by atoms with E-state index in [0.717, 1.165) is 11.1 Å². The third-order valence-corrected chi connectivity index (χ3v) is 3.98. The number of hydrogen-bond acceptors (Lipinski definition) is 3. The van der Waals surface area contributed by atoms with Gasteiger partial charge in [0.2, 0.25) is 0 Å². The van der Waals surface area contributed by atoms with Crippen LogP contribution in [0.4, 0.5) is 10.5 Å². The lowest BCUT2D eigenvalue weighted by atomic mass is 10.0. The third kappa shape index (κ3) is 4.85. The Bertz CT molecular complexity index is 861. The quantitative estimate of drug-likeness (QED) is 0.341. The van der Waals surface area contributed by atoms with E-state index >= 15 is 0 Å². The molecule has 0 saturated carbocycles. The van der Waals surface area contributed by atoms with Crippen molar-refractivity contribution < 1.29 is 9.63 Å². The van der Waals surface area contributed by atoms with Crippen LogP contribution in [0.2, 0.25) is 10.0 Å². The summed E-state index contributed by atoms with van der Waals surface area (Å²) in [5.74, 6) is 0. The SMILES string of the molecule is O=C(Nc1ccccc1)ON=C(c1ccc(Cl)cc1)c1ccc(Cl)cc1. The lowest BCUT2D eigenvalue weighted by molar-refractivity contribution is 0.166. The van der Waals surface area contributed by atoms with E-state index in [2.05, 4.69) is 10.5 Å². The van der Waals surface area contributed by atoms with E-state index < -0.39 is 6.09 Å². The normalized spacial score (nSPS) is 10.1. The largest absolute Gasteiger partial charge is 0.437 e. The highest BCUT2D eigenvalue weighted by molar-refractivity contribution is 6.31. The number of nitrogens with one attached hydrogen (secondary N) is 1. The molecule has 0 fully saturated rings. The van der Waals surface area contributed by atoms with Crippen molar-refractivity contribution in [3.63, 3.8) is 0 Å². The molecule has 3 rings (SSSR count). The minimum atomic E-state index is -0.684. The number of benzene rings is 3. The van der Waals surface area contributed by atoms with Gasteiger partial charge in [0.05, 0.1) is 0 Å². The molecule has 0 atom stereocenters. The smallest absolute Gasteiger partial charge is 0.297 e. The second-order valence-corrected chi connectivity index (χ2v) is 6.20. The monoisotopic (exact) mass is 384 g/mol. The van der Waals surface area contributed by atoms with Gasteiger partial charge in [-0.05, 0) is 36.4 Å². The minimum Gasteiger partial charge on any atom is -0.297 e. The zero-order valence-electron chi connectivity index (χ0n) is 13.5. The molecule has 26 heavy (non-hydrogen) atoms. The fourth-order valence-corrected chi connectivity index (χ4v) is 2.49. The predicted octanol–water partition coefficient (Wildman–Crippen LogP) is 5.99. The van der Waals surface area contributed by atoms with Crippen molar-refractivity contribution in [1.29, 1.82) is 0 Å². The van der Waals surface area contributed by atoms with Crippen LogP contribution >= 0.6 is 23.2 Å². The number of hydrogen-bond donors (Lipinski definition) is 1. The Hall–Kier alpha value is -2.82. The maximum Gasteiger partial charge on any atom is 0.437 e. The molecule has 0 saturated heterocycles. The first kappa shape index (κ1) is 18.0. The molecule has 130 valence electrons. The highest BCUT2D eigenvalue weighted by Crippen LogP contribution is 2.17. The Balaban J connectivity index is 1.85. The Morgan fingerprint density at radius 2 is 1.27 bits per heavy atom. The predicted molar refractivity (Wildman–Crippen MR) is 105 cm³/mol. The second kappa shape index (κ2) is 8.52. The number of carbonyl (C=O) groups is 1. The van der Waals surface area contributed by atoms with Crippen LogP contribution in [0.3, 0.4) is 0 Å². The lowest BCUT2D eigenvalue weighted by Crippen LogP contribution is -2.13. The number of oxime groups is 1. The van der Waals surface area contributed by atoms with E-state index in [-0.39, 0.29) is 0 Å². The molecule has 3 aromatic rings. The molecule has 6 heteroatoms. The van der Waals surface area contributed by atoms with Gasteiger partial charge < -0.3 is 0 Å². The molecule has 0 spiro atoms.